The highest BCUT2D eigenvalue weighted by molar-refractivity contribution is 7.21. The predicted molar refractivity (Wildman–Crippen MR) is 155 cm³/mol. The fourth-order valence-electron chi connectivity index (χ4n) is 4.98. The average Bonchev–Trinajstić information content (AvgIpc) is 3.49. The molecule has 8 heteroatoms. The third-order valence-corrected chi connectivity index (χ3v) is 9.19. The van der Waals surface area contributed by atoms with Crippen molar-refractivity contribution in [3.63, 3.8) is 0 Å². The van der Waals surface area contributed by atoms with E-state index in [1.54, 1.807) is 7.11 Å². The van der Waals surface area contributed by atoms with Gasteiger partial charge in [-0.3, -0.25) is 4.79 Å². The fraction of sp³-hybridized carbons (Fsp3) is 0.167. The summed E-state index contributed by atoms with van der Waals surface area (Å²) in [5.41, 5.74) is 12.3. The van der Waals surface area contributed by atoms with E-state index in [0.29, 0.717) is 26.0 Å². The second-order valence-corrected chi connectivity index (χ2v) is 11.3. The number of aryl methyl sites for hydroxylation is 1. The number of carbonyl (C=O) groups excluding carboxylic acids is 1. The number of hydrogen-bond acceptors (Lipinski definition) is 7. The number of nitrogens with one attached hydrogen (secondary N) is 1. The average molecular weight is 537 g/mol. The summed E-state index contributed by atoms with van der Waals surface area (Å²) in [7, 11) is 1.64. The van der Waals surface area contributed by atoms with Crippen LogP contribution in [0.5, 0.6) is 5.75 Å². The molecule has 6 nitrogen and oxygen atoms in total. The van der Waals surface area contributed by atoms with E-state index in [9.17, 15) is 10.1 Å². The minimum Gasteiger partial charge on any atom is -0.497 e. The summed E-state index contributed by atoms with van der Waals surface area (Å²) in [5.74, 6) is 0.454. The van der Waals surface area contributed by atoms with Gasteiger partial charge in [0, 0.05) is 15.8 Å². The van der Waals surface area contributed by atoms with Crippen LogP contribution in [0.4, 0.5) is 10.7 Å². The molecule has 2 aromatic carbocycles. The number of anilines is 2. The van der Waals surface area contributed by atoms with Crippen LogP contribution in [0.1, 0.15) is 38.5 Å². The Bertz CT molecular complexity index is 1710. The monoisotopic (exact) mass is 536 g/mol. The normalized spacial score (nSPS) is 12.6. The van der Waals surface area contributed by atoms with Crippen molar-refractivity contribution in [2.75, 3.05) is 18.2 Å². The molecular formula is C30H24N4O2S2. The molecule has 6 rings (SSSR count). The van der Waals surface area contributed by atoms with E-state index in [1.807, 2.05) is 60.7 Å². The first-order valence-electron chi connectivity index (χ1n) is 12.4. The van der Waals surface area contributed by atoms with Gasteiger partial charge in [0.1, 0.15) is 26.5 Å². The van der Waals surface area contributed by atoms with Crippen molar-refractivity contribution in [2.45, 2.75) is 25.7 Å². The molecule has 0 unspecified atom stereocenters. The number of rotatable bonds is 5. The van der Waals surface area contributed by atoms with Crippen LogP contribution < -0.4 is 15.8 Å². The molecule has 38 heavy (non-hydrogen) atoms. The molecular weight excluding hydrogens is 512 g/mol. The van der Waals surface area contributed by atoms with Crippen molar-refractivity contribution >= 4 is 49.5 Å². The van der Waals surface area contributed by atoms with Gasteiger partial charge in [0.25, 0.3) is 5.91 Å². The molecule has 188 valence electrons. The number of nitrogens with zero attached hydrogens (tertiary/aromatic N) is 2. The van der Waals surface area contributed by atoms with Crippen LogP contribution >= 0.6 is 22.7 Å². The number of benzene rings is 2. The van der Waals surface area contributed by atoms with E-state index in [1.165, 1.54) is 27.6 Å². The lowest BCUT2D eigenvalue weighted by Gasteiger charge is -2.09. The molecule has 3 N–H and O–H groups in total. The van der Waals surface area contributed by atoms with Gasteiger partial charge in [-0.1, -0.05) is 30.3 Å². The number of nitrogens with two attached hydrogens (primary N) is 1. The van der Waals surface area contributed by atoms with Gasteiger partial charge < -0.3 is 15.8 Å². The number of nitrogen functional groups attached to an aromatic ring is 1. The summed E-state index contributed by atoms with van der Waals surface area (Å²) < 4.78 is 5.31. The van der Waals surface area contributed by atoms with Crippen molar-refractivity contribution in [3.8, 4) is 34.2 Å². The number of methoxy groups -OCH3 is 1. The number of amides is 1. The molecule has 0 saturated carbocycles. The lowest BCUT2D eigenvalue weighted by Crippen LogP contribution is -2.12. The Morgan fingerprint density at radius 2 is 1.82 bits per heavy atom. The van der Waals surface area contributed by atoms with Gasteiger partial charge >= 0.3 is 0 Å². The standard InChI is InChI=1S/C30H24N4O2S2/c1-36-19-13-11-18(12-14-19)23-15-21(17-7-3-2-4-8-17)25-26(32)27(38-30(25)33-23)28(35)34-29-22(16-31)20-9-5-6-10-24(20)37-29/h2-4,7-8,11-15H,5-6,9-10,32H2,1H3,(H,34,35). The molecule has 5 aromatic rings. The highest BCUT2D eigenvalue weighted by atomic mass is 32.1. The van der Waals surface area contributed by atoms with Gasteiger partial charge in [-0.25, -0.2) is 4.98 Å². The Morgan fingerprint density at radius 3 is 2.55 bits per heavy atom. The number of ether oxygens (including phenoxy) is 1. The zero-order valence-electron chi connectivity index (χ0n) is 20.7. The molecule has 0 atom stereocenters. The van der Waals surface area contributed by atoms with Crippen LogP contribution in [0.25, 0.3) is 32.6 Å². The second-order valence-electron chi connectivity index (χ2n) is 9.16. The van der Waals surface area contributed by atoms with E-state index in [-0.39, 0.29) is 5.91 Å². The maximum absolute atomic E-state index is 13.5. The topological polar surface area (TPSA) is 101 Å². The first-order valence-corrected chi connectivity index (χ1v) is 14.0. The zero-order chi connectivity index (χ0) is 26.2. The number of thiophene rings is 2. The van der Waals surface area contributed by atoms with Crippen LogP contribution in [0, 0.1) is 11.3 Å². The molecule has 0 fully saturated rings. The SMILES string of the molecule is COc1ccc(-c2cc(-c3ccccc3)c3c(N)c(C(=O)Nc4sc5c(c4C#N)CCCC5)sc3n2)cc1. The molecule has 0 bridgehead atoms. The number of hydrogen-bond donors (Lipinski definition) is 2. The Balaban J connectivity index is 1.46. The van der Waals surface area contributed by atoms with E-state index >= 15 is 0 Å². The van der Waals surface area contributed by atoms with Gasteiger partial charge in [-0.15, -0.1) is 22.7 Å². The molecule has 0 radical (unpaired) electrons. The zero-order valence-corrected chi connectivity index (χ0v) is 22.3. The van der Waals surface area contributed by atoms with Gasteiger partial charge in [0.05, 0.1) is 24.1 Å². The molecule has 0 saturated heterocycles. The van der Waals surface area contributed by atoms with Crippen molar-refractivity contribution in [1.82, 2.24) is 4.98 Å². The first kappa shape index (κ1) is 24.2. The van der Waals surface area contributed by atoms with Crippen LogP contribution in [0.3, 0.4) is 0 Å². The summed E-state index contributed by atoms with van der Waals surface area (Å²) in [4.78, 5) is 20.7. The quantitative estimate of drug-likeness (QED) is 0.246. The Morgan fingerprint density at radius 1 is 1.05 bits per heavy atom. The minimum absolute atomic E-state index is 0.314. The minimum atomic E-state index is -0.314. The smallest absolute Gasteiger partial charge is 0.268 e. The number of carbonyl (C=O) groups is 1. The van der Waals surface area contributed by atoms with Gasteiger partial charge in [0.2, 0.25) is 0 Å². The number of aromatic nitrogens is 1. The Labute approximate surface area is 228 Å². The van der Waals surface area contributed by atoms with Gasteiger partial charge in [-0.2, -0.15) is 5.26 Å². The lowest BCUT2D eigenvalue weighted by atomic mass is 9.96. The van der Waals surface area contributed by atoms with Crippen LogP contribution in [-0.4, -0.2) is 18.0 Å². The maximum Gasteiger partial charge on any atom is 0.268 e. The molecule has 3 aromatic heterocycles. The molecule has 0 aliphatic heterocycles. The number of pyridine rings is 1. The highest BCUT2D eigenvalue weighted by Gasteiger charge is 2.25. The van der Waals surface area contributed by atoms with E-state index < -0.39 is 0 Å². The van der Waals surface area contributed by atoms with E-state index in [4.69, 9.17) is 15.5 Å². The first-order chi connectivity index (χ1) is 18.6. The van der Waals surface area contributed by atoms with Crippen molar-refractivity contribution in [2.24, 2.45) is 0 Å². The number of fused-ring (bicyclic) bond motifs is 2. The predicted octanol–water partition coefficient (Wildman–Crippen LogP) is 7.29. The Kier molecular flexibility index (Phi) is 6.32. The molecule has 1 amide bonds. The third-order valence-electron chi connectivity index (χ3n) is 6.89. The van der Waals surface area contributed by atoms with Crippen molar-refractivity contribution in [1.29, 1.82) is 5.26 Å². The largest absolute Gasteiger partial charge is 0.497 e. The summed E-state index contributed by atoms with van der Waals surface area (Å²) in [5, 5.41) is 14.2. The van der Waals surface area contributed by atoms with Gasteiger partial charge in [0.15, 0.2) is 0 Å². The summed E-state index contributed by atoms with van der Waals surface area (Å²) in [6, 6.07) is 22.0. The number of nitriles is 1. The van der Waals surface area contributed by atoms with Crippen LogP contribution in [0.15, 0.2) is 60.7 Å². The van der Waals surface area contributed by atoms with Crippen molar-refractivity contribution < 1.29 is 9.53 Å². The molecule has 0 spiro atoms. The van der Waals surface area contributed by atoms with Gasteiger partial charge in [-0.05, 0) is 72.7 Å². The summed E-state index contributed by atoms with van der Waals surface area (Å²) in [6.07, 6.45) is 4.02. The highest BCUT2D eigenvalue weighted by Crippen LogP contribution is 2.43. The van der Waals surface area contributed by atoms with Crippen molar-refractivity contribution in [3.05, 3.63) is 81.5 Å². The van der Waals surface area contributed by atoms with Crippen LogP contribution in [0.2, 0.25) is 0 Å². The second kappa shape index (κ2) is 9.93. The maximum atomic E-state index is 13.5. The molecule has 3 heterocycles. The summed E-state index contributed by atoms with van der Waals surface area (Å²) in [6.45, 7) is 0. The van der Waals surface area contributed by atoms with E-state index in [2.05, 4.69) is 11.4 Å². The Hall–Kier alpha value is -4.19. The molecule has 1 aliphatic carbocycles. The third kappa shape index (κ3) is 4.20. The summed E-state index contributed by atoms with van der Waals surface area (Å²) >= 11 is 2.78. The fourth-order valence-corrected chi connectivity index (χ4v) is 7.23. The van der Waals surface area contributed by atoms with E-state index in [0.717, 1.165) is 64.8 Å². The molecule has 1 aliphatic rings. The lowest BCUT2D eigenvalue weighted by molar-refractivity contribution is 0.103. The van der Waals surface area contributed by atoms with Crippen LogP contribution in [-0.2, 0) is 12.8 Å².